The van der Waals surface area contributed by atoms with E-state index in [2.05, 4.69) is 4.90 Å². The molecule has 1 aromatic rings. The molecule has 1 saturated carbocycles. The average Bonchev–Trinajstić information content (AvgIpc) is 2.78. The van der Waals surface area contributed by atoms with Gasteiger partial charge in [-0.2, -0.15) is 4.31 Å². The fourth-order valence-electron chi connectivity index (χ4n) is 5.42. The zero-order chi connectivity index (χ0) is 22.2. The predicted molar refractivity (Wildman–Crippen MR) is 116 cm³/mol. The number of rotatable bonds is 4. The number of likely N-dealkylation sites (tertiary alicyclic amines) is 1. The number of benzene rings is 1. The van der Waals surface area contributed by atoms with Crippen LogP contribution in [-0.4, -0.2) is 54.1 Å². The van der Waals surface area contributed by atoms with Crippen molar-refractivity contribution in [2.75, 3.05) is 19.6 Å². The van der Waals surface area contributed by atoms with E-state index in [9.17, 15) is 23.3 Å². The number of nitrogens with zero attached hydrogens (tertiary/aromatic N) is 3. The lowest BCUT2D eigenvalue weighted by Crippen LogP contribution is -2.53. The summed E-state index contributed by atoms with van der Waals surface area (Å²) in [6, 6.07) is 3.77. The molecule has 3 aliphatic rings. The van der Waals surface area contributed by atoms with E-state index in [0.29, 0.717) is 24.8 Å². The van der Waals surface area contributed by atoms with Crippen molar-refractivity contribution in [3.63, 3.8) is 0 Å². The number of carbonyl (C=O) groups excluding carboxylic acids is 1. The Bertz CT molecular complexity index is 960. The topological polar surface area (TPSA) is 101 Å². The summed E-state index contributed by atoms with van der Waals surface area (Å²) in [4.78, 5) is 25.5. The molecule has 31 heavy (non-hydrogen) atoms. The molecule has 0 unspecified atom stereocenters. The first-order valence-electron chi connectivity index (χ1n) is 11.0. The van der Waals surface area contributed by atoms with Crippen LogP contribution in [0.15, 0.2) is 23.1 Å². The first kappa shape index (κ1) is 22.5. The number of nitro groups is 1. The van der Waals surface area contributed by atoms with Crippen LogP contribution in [0.3, 0.4) is 0 Å². The fourth-order valence-corrected chi connectivity index (χ4v) is 7.38. The highest BCUT2D eigenvalue weighted by molar-refractivity contribution is 7.89. The Morgan fingerprint density at radius 3 is 2.42 bits per heavy atom. The molecule has 2 aliphatic heterocycles. The van der Waals surface area contributed by atoms with Gasteiger partial charge >= 0.3 is 0 Å². The number of hydrogen-bond acceptors (Lipinski definition) is 5. The van der Waals surface area contributed by atoms with E-state index < -0.39 is 14.9 Å². The maximum atomic E-state index is 13.3. The summed E-state index contributed by atoms with van der Waals surface area (Å²) in [5, 5.41) is 11.0. The van der Waals surface area contributed by atoms with Gasteiger partial charge in [0.25, 0.3) is 5.69 Å². The van der Waals surface area contributed by atoms with E-state index in [-0.39, 0.29) is 40.5 Å². The first-order valence-corrected chi connectivity index (χ1v) is 12.9. The highest BCUT2D eigenvalue weighted by Gasteiger charge is 2.40. The Morgan fingerprint density at radius 1 is 1.03 bits per heavy atom. The molecular formula is C21H28ClN3O5S. The molecule has 1 aliphatic carbocycles. The van der Waals surface area contributed by atoms with Crippen LogP contribution < -0.4 is 0 Å². The molecule has 2 heterocycles. The van der Waals surface area contributed by atoms with Gasteiger partial charge < -0.3 is 4.90 Å². The number of amides is 1. The smallest absolute Gasteiger partial charge is 0.270 e. The molecule has 4 rings (SSSR count). The highest BCUT2D eigenvalue weighted by Crippen LogP contribution is 2.37. The summed E-state index contributed by atoms with van der Waals surface area (Å²) in [7, 11) is -3.97. The second-order valence-corrected chi connectivity index (χ2v) is 11.1. The molecular weight excluding hydrogens is 442 g/mol. The summed E-state index contributed by atoms with van der Waals surface area (Å²) in [5.41, 5.74) is -0.319. The molecule has 0 bridgehead atoms. The molecule has 2 saturated heterocycles. The SMILES string of the molecule is O=C(C1CCN(S(=O)(=O)c2cc([N+](=O)[O-])ccc2Cl)CC1)N1CCC[C@H]2CCCC[C@@H]21. The van der Waals surface area contributed by atoms with Crippen LogP contribution in [0.1, 0.15) is 51.4 Å². The molecule has 3 fully saturated rings. The number of halogens is 1. The number of nitro benzene ring substituents is 1. The van der Waals surface area contributed by atoms with Crippen LogP contribution in [0.25, 0.3) is 0 Å². The van der Waals surface area contributed by atoms with Crippen LogP contribution in [0.5, 0.6) is 0 Å². The van der Waals surface area contributed by atoms with Crippen molar-refractivity contribution < 1.29 is 18.1 Å². The van der Waals surface area contributed by atoms with E-state index in [1.165, 1.54) is 42.1 Å². The molecule has 0 aromatic heterocycles. The standard InChI is InChI=1S/C21H28ClN3O5S/c22-18-8-7-17(25(27)28)14-20(18)31(29,30)23-12-9-16(10-13-23)21(26)24-11-3-5-15-4-1-2-6-19(15)24/h7-8,14-16,19H,1-6,9-13H2/t15-,19+/m1/s1. The van der Waals surface area contributed by atoms with E-state index in [0.717, 1.165) is 25.5 Å². The average molecular weight is 470 g/mol. The quantitative estimate of drug-likeness (QED) is 0.492. The largest absolute Gasteiger partial charge is 0.339 e. The third-order valence-electron chi connectivity index (χ3n) is 7.07. The van der Waals surface area contributed by atoms with Crippen LogP contribution in [-0.2, 0) is 14.8 Å². The molecule has 2 atom stereocenters. The zero-order valence-corrected chi connectivity index (χ0v) is 19.0. The summed E-state index contributed by atoms with van der Waals surface area (Å²) in [6.45, 7) is 1.22. The molecule has 10 heteroatoms. The van der Waals surface area contributed by atoms with Crippen molar-refractivity contribution in [2.45, 2.75) is 62.3 Å². The van der Waals surface area contributed by atoms with Crippen molar-refractivity contribution in [3.8, 4) is 0 Å². The lowest BCUT2D eigenvalue weighted by molar-refractivity contribution is -0.385. The molecule has 8 nitrogen and oxygen atoms in total. The minimum absolute atomic E-state index is 0.0412. The third kappa shape index (κ3) is 4.45. The number of carbonyl (C=O) groups is 1. The van der Waals surface area contributed by atoms with E-state index >= 15 is 0 Å². The third-order valence-corrected chi connectivity index (χ3v) is 9.45. The maximum absolute atomic E-state index is 13.3. The fraction of sp³-hybridized carbons (Fsp3) is 0.667. The summed E-state index contributed by atoms with van der Waals surface area (Å²) in [6.07, 6.45) is 7.87. The molecule has 0 spiro atoms. The minimum atomic E-state index is -3.97. The highest BCUT2D eigenvalue weighted by atomic mass is 35.5. The summed E-state index contributed by atoms with van der Waals surface area (Å²) >= 11 is 6.06. The predicted octanol–water partition coefficient (Wildman–Crippen LogP) is 3.83. The minimum Gasteiger partial charge on any atom is -0.339 e. The second kappa shape index (κ2) is 9.03. The Balaban J connectivity index is 1.44. The van der Waals surface area contributed by atoms with Gasteiger partial charge in [0.05, 0.1) is 9.95 Å². The lowest BCUT2D eigenvalue weighted by atomic mass is 9.77. The summed E-state index contributed by atoms with van der Waals surface area (Å²) < 4.78 is 27.4. The van der Waals surface area contributed by atoms with Crippen LogP contribution in [0.4, 0.5) is 5.69 Å². The van der Waals surface area contributed by atoms with Gasteiger partial charge in [0.1, 0.15) is 4.90 Å². The molecule has 0 N–H and O–H groups in total. The first-order chi connectivity index (χ1) is 14.8. The zero-order valence-electron chi connectivity index (χ0n) is 17.4. The molecule has 1 amide bonds. The summed E-state index contributed by atoms with van der Waals surface area (Å²) in [5.74, 6) is 0.609. The Labute approximate surface area is 187 Å². The van der Waals surface area contributed by atoms with Crippen molar-refractivity contribution in [1.29, 1.82) is 0 Å². The monoisotopic (exact) mass is 469 g/mol. The Kier molecular flexibility index (Phi) is 6.55. The number of non-ortho nitro benzene ring substituents is 1. The Hall–Kier alpha value is -1.71. The normalized spacial score (nSPS) is 25.8. The van der Waals surface area contributed by atoms with Crippen molar-refractivity contribution in [3.05, 3.63) is 33.3 Å². The van der Waals surface area contributed by atoms with E-state index in [4.69, 9.17) is 11.6 Å². The van der Waals surface area contributed by atoms with Crippen molar-refractivity contribution in [2.24, 2.45) is 11.8 Å². The number of piperidine rings is 2. The number of hydrogen-bond donors (Lipinski definition) is 0. The number of sulfonamides is 1. The molecule has 170 valence electrons. The van der Waals surface area contributed by atoms with Gasteiger partial charge in [0.15, 0.2) is 0 Å². The molecule has 0 radical (unpaired) electrons. The van der Waals surface area contributed by atoms with Gasteiger partial charge in [-0.25, -0.2) is 8.42 Å². The number of fused-ring (bicyclic) bond motifs is 1. The van der Waals surface area contributed by atoms with Crippen LogP contribution in [0.2, 0.25) is 5.02 Å². The van der Waals surface area contributed by atoms with Crippen molar-refractivity contribution in [1.82, 2.24) is 9.21 Å². The Morgan fingerprint density at radius 2 is 1.71 bits per heavy atom. The van der Waals surface area contributed by atoms with Gasteiger partial charge in [0, 0.05) is 43.7 Å². The van der Waals surface area contributed by atoms with E-state index in [1.807, 2.05) is 0 Å². The van der Waals surface area contributed by atoms with E-state index in [1.54, 1.807) is 0 Å². The van der Waals surface area contributed by atoms with Gasteiger partial charge in [-0.15, -0.1) is 0 Å². The van der Waals surface area contributed by atoms with Gasteiger partial charge in [-0.05, 0) is 50.5 Å². The maximum Gasteiger partial charge on any atom is 0.270 e. The van der Waals surface area contributed by atoms with Gasteiger partial charge in [-0.3, -0.25) is 14.9 Å². The van der Waals surface area contributed by atoms with Gasteiger partial charge in [-0.1, -0.05) is 24.4 Å². The van der Waals surface area contributed by atoms with Gasteiger partial charge in [0.2, 0.25) is 15.9 Å². The lowest BCUT2D eigenvalue weighted by Gasteiger charge is -2.46. The van der Waals surface area contributed by atoms with Crippen LogP contribution >= 0.6 is 11.6 Å². The van der Waals surface area contributed by atoms with Crippen LogP contribution in [0, 0.1) is 22.0 Å². The molecule has 1 aromatic carbocycles. The second-order valence-electron chi connectivity index (χ2n) is 8.84. The van der Waals surface area contributed by atoms with Crippen molar-refractivity contribution >= 4 is 33.2 Å².